The van der Waals surface area contributed by atoms with Crippen molar-refractivity contribution < 1.29 is 32.2 Å². The number of esters is 2. The lowest BCUT2D eigenvalue weighted by Crippen LogP contribution is -2.11. The van der Waals surface area contributed by atoms with Crippen LogP contribution in [0.4, 0.5) is 13.2 Å². The molecule has 0 saturated carbocycles. The normalized spacial score (nSPS) is 11.1. The Morgan fingerprint density at radius 3 is 2.12 bits per heavy atom. The number of aromatic nitrogens is 2. The van der Waals surface area contributed by atoms with Crippen molar-refractivity contribution in [3.63, 3.8) is 0 Å². The van der Waals surface area contributed by atoms with Gasteiger partial charge in [0.1, 0.15) is 0 Å². The highest BCUT2D eigenvalue weighted by Crippen LogP contribution is 2.27. The lowest BCUT2D eigenvalue weighted by molar-refractivity contribution is -0.144. The Bertz CT molecular complexity index is 419. The Hall–Kier alpha value is -2.06. The molecule has 0 aliphatic carbocycles. The zero-order valence-electron chi connectivity index (χ0n) is 8.71. The SMILES string of the molecule is COC(=O)c1nc(C(F)(F)F)[nH]c1C(=O)OC. The number of hydrogen-bond donors (Lipinski definition) is 1. The van der Waals surface area contributed by atoms with Crippen molar-refractivity contribution in [3.05, 3.63) is 17.2 Å². The van der Waals surface area contributed by atoms with Crippen LogP contribution in [0.2, 0.25) is 0 Å². The minimum Gasteiger partial charge on any atom is -0.464 e. The maximum atomic E-state index is 12.3. The van der Waals surface area contributed by atoms with Gasteiger partial charge in [-0.1, -0.05) is 0 Å². The van der Waals surface area contributed by atoms with Crippen LogP contribution < -0.4 is 0 Å². The molecule has 0 aliphatic rings. The van der Waals surface area contributed by atoms with Crippen molar-refractivity contribution in [1.29, 1.82) is 0 Å². The first-order valence-electron chi connectivity index (χ1n) is 4.15. The number of aromatic amines is 1. The van der Waals surface area contributed by atoms with Gasteiger partial charge >= 0.3 is 18.1 Å². The average molecular weight is 252 g/mol. The molecule has 0 aromatic carbocycles. The van der Waals surface area contributed by atoms with Gasteiger partial charge in [0.25, 0.3) is 0 Å². The second-order valence-corrected chi connectivity index (χ2v) is 2.79. The number of nitrogens with zero attached hydrogens (tertiary/aromatic N) is 1. The smallest absolute Gasteiger partial charge is 0.449 e. The van der Waals surface area contributed by atoms with Gasteiger partial charge in [-0.3, -0.25) is 0 Å². The summed E-state index contributed by atoms with van der Waals surface area (Å²) in [4.78, 5) is 26.9. The van der Waals surface area contributed by atoms with Crippen LogP contribution in [0.15, 0.2) is 0 Å². The number of rotatable bonds is 2. The van der Waals surface area contributed by atoms with E-state index in [1.165, 1.54) is 0 Å². The molecule has 1 rings (SSSR count). The number of imidazole rings is 1. The first-order valence-corrected chi connectivity index (χ1v) is 4.15. The first-order chi connectivity index (χ1) is 7.81. The lowest BCUT2D eigenvalue weighted by Gasteiger charge is -1.99. The van der Waals surface area contributed by atoms with E-state index in [0.29, 0.717) is 0 Å². The summed E-state index contributed by atoms with van der Waals surface area (Å²) in [5, 5.41) is 0. The summed E-state index contributed by atoms with van der Waals surface area (Å²) < 4.78 is 45.4. The summed E-state index contributed by atoms with van der Waals surface area (Å²) >= 11 is 0. The first kappa shape index (κ1) is 13.0. The molecule has 0 saturated heterocycles. The molecule has 9 heteroatoms. The second kappa shape index (κ2) is 4.44. The molecule has 0 radical (unpaired) electrons. The highest BCUT2D eigenvalue weighted by molar-refractivity contribution is 6.00. The molecule has 0 fully saturated rings. The topological polar surface area (TPSA) is 81.3 Å². The van der Waals surface area contributed by atoms with E-state index in [1.807, 2.05) is 0 Å². The molecule has 0 bridgehead atoms. The van der Waals surface area contributed by atoms with Crippen molar-refractivity contribution in [3.8, 4) is 0 Å². The third-order valence-electron chi connectivity index (χ3n) is 1.74. The maximum absolute atomic E-state index is 12.3. The molecule has 0 spiro atoms. The van der Waals surface area contributed by atoms with Gasteiger partial charge in [-0.05, 0) is 0 Å². The van der Waals surface area contributed by atoms with E-state index >= 15 is 0 Å². The van der Waals surface area contributed by atoms with E-state index in [-0.39, 0.29) is 0 Å². The van der Waals surface area contributed by atoms with E-state index < -0.39 is 35.3 Å². The van der Waals surface area contributed by atoms with Gasteiger partial charge in [-0.25, -0.2) is 14.6 Å². The Labute approximate surface area is 92.7 Å². The predicted octanol–water partition coefficient (Wildman–Crippen LogP) is 1.00. The highest BCUT2D eigenvalue weighted by Gasteiger charge is 2.38. The molecule has 0 aliphatic heterocycles. The van der Waals surface area contributed by atoms with Gasteiger partial charge < -0.3 is 14.5 Å². The molecule has 1 heterocycles. The quantitative estimate of drug-likeness (QED) is 0.794. The standard InChI is InChI=1S/C8H7F3N2O4/c1-16-5(14)3-4(6(15)17-2)13-7(12-3)8(9,10)11/h1-2H3,(H,12,13). The summed E-state index contributed by atoms with van der Waals surface area (Å²) in [6, 6.07) is 0. The number of carbonyl (C=O) groups excluding carboxylic acids is 2. The monoisotopic (exact) mass is 252 g/mol. The molecular formula is C8H7F3N2O4. The fourth-order valence-corrected chi connectivity index (χ4v) is 1.00. The van der Waals surface area contributed by atoms with Crippen LogP contribution in [0, 0.1) is 0 Å². The third kappa shape index (κ3) is 2.55. The molecule has 0 atom stereocenters. The summed E-state index contributed by atoms with van der Waals surface area (Å²) in [7, 11) is 1.91. The average Bonchev–Trinajstić information content (AvgIpc) is 2.71. The lowest BCUT2D eigenvalue weighted by atomic mass is 10.3. The van der Waals surface area contributed by atoms with Gasteiger partial charge in [0, 0.05) is 0 Å². The Balaban J connectivity index is 3.31. The van der Waals surface area contributed by atoms with Crippen LogP contribution in [0.5, 0.6) is 0 Å². The Kier molecular flexibility index (Phi) is 3.39. The zero-order valence-corrected chi connectivity index (χ0v) is 8.71. The van der Waals surface area contributed by atoms with Crippen molar-refractivity contribution in [1.82, 2.24) is 9.97 Å². The number of hydrogen-bond acceptors (Lipinski definition) is 5. The van der Waals surface area contributed by atoms with Gasteiger partial charge in [0.2, 0.25) is 5.82 Å². The van der Waals surface area contributed by atoms with Crippen LogP contribution in [0.1, 0.15) is 26.8 Å². The minimum atomic E-state index is -4.81. The van der Waals surface area contributed by atoms with Gasteiger partial charge in [-0.15, -0.1) is 0 Å². The molecule has 1 aromatic rings. The number of nitrogens with one attached hydrogen (secondary N) is 1. The number of halogens is 3. The Morgan fingerprint density at radius 1 is 1.18 bits per heavy atom. The van der Waals surface area contributed by atoms with E-state index in [0.717, 1.165) is 14.2 Å². The minimum absolute atomic E-state index is 0.702. The van der Waals surface area contributed by atoms with Crippen LogP contribution >= 0.6 is 0 Å². The molecule has 6 nitrogen and oxygen atoms in total. The summed E-state index contributed by atoms with van der Waals surface area (Å²) in [5.41, 5.74) is -1.47. The van der Waals surface area contributed by atoms with Crippen molar-refractivity contribution in [2.75, 3.05) is 14.2 Å². The molecule has 17 heavy (non-hydrogen) atoms. The van der Waals surface area contributed by atoms with Gasteiger partial charge in [0.05, 0.1) is 14.2 Å². The van der Waals surface area contributed by atoms with E-state index in [4.69, 9.17) is 0 Å². The van der Waals surface area contributed by atoms with Gasteiger partial charge in [-0.2, -0.15) is 13.2 Å². The zero-order chi connectivity index (χ0) is 13.2. The van der Waals surface area contributed by atoms with Crippen LogP contribution in [-0.2, 0) is 15.7 Å². The molecule has 1 aromatic heterocycles. The van der Waals surface area contributed by atoms with E-state index in [2.05, 4.69) is 14.5 Å². The molecular weight excluding hydrogens is 245 g/mol. The second-order valence-electron chi connectivity index (χ2n) is 2.79. The van der Waals surface area contributed by atoms with Crippen LogP contribution in [0.3, 0.4) is 0 Å². The fourth-order valence-electron chi connectivity index (χ4n) is 1.00. The number of ether oxygens (including phenoxy) is 2. The fraction of sp³-hybridized carbons (Fsp3) is 0.375. The van der Waals surface area contributed by atoms with Crippen molar-refractivity contribution in [2.24, 2.45) is 0 Å². The third-order valence-corrected chi connectivity index (χ3v) is 1.74. The number of alkyl halides is 3. The van der Waals surface area contributed by atoms with E-state index in [1.54, 1.807) is 4.98 Å². The van der Waals surface area contributed by atoms with Crippen LogP contribution in [0.25, 0.3) is 0 Å². The van der Waals surface area contributed by atoms with Crippen molar-refractivity contribution >= 4 is 11.9 Å². The summed E-state index contributed by atoms with van der Waals surface area (Å²) in [6.45, 7) is 0. The highest BCUT2D eigenvalue weighted by atomic mass is 19.4. The van der Waals surface area contributed by atoms with Gasteiger partial charge in [0.15, 0.2) is 11.4 Å². The predicted molar refractivity (Wildman–Crippen MR) is 46.3 cm³/mol. The number of methoxy groups -OCH3 is 2. The maximum Gasteiger partial charge on any atom is 0.449 e. The molecule has 94 valence electrons. The summed E-state index contributed by atoms with van der Waals surface area (Å²) in [5.74, 6) is -3.79. The largest absolute Gasteiger partial charge is 0.464 e. The molecule has 1 N–H and O–H groups in total. The molecule has 0 unspecified atom stereocenters. The number of carbonyl (C=O) groups is 2. The van der Waals surface area contributed by atoms with Crippen molar-refractivity contribution in [2.45, 2.75) is 6.18 Å². The van der Waals surface area contributed by atoms with E-state index in [9.17, 15) is 22.8 Å². The summed E-state index contributed by atoms with van der Waals surface area (Å²) in [6.07, 6.45) is -4.81. The molecule has 0 amide bonds. The van der Waals surface area contributed by atoms with Crippen LogP contribution in [-0.4, -0.2) is 36.1 Å². The number of H-pyrrole nitrogens is 1. The Morgan fingerprint density at radius 2 is 1.71 bits per heavy atom.